The number of hydrogen-bond acceptors (Lipinski definition) is 3. The molecule has 0 bridgehead atoms. The Morgan fingerprint density at radius 3 is 1.96 bits per heavy atom. The van der Waals surface area contributed by atoms with Gasteiger partial charge in [-0.15, -0.1) is 12.4 Å². The van der Waals surface area contributed by atoms with Gasteiger partial charge in [-0.1, -0.05) is 71.1 Å². The van der Waals surface area contributed by atoms with Crippen molar-refractivity contribution in [2.45, 2.75) is 96.5 Å². The Labute approximate surface area is 161 Å². The summed E-state index contributed by atoms with van der Waals surface area (Å²) >= 11 is 1.95. The highest BCUT2D eigenvalue weighted by atomic mass is 35.5. The zero-order valence-electron chi connectivity index (χ0n) is 16.0. The van der Waals surface area contributed by atoms with Crippen molar-refractivity contribution in [3.8, 4) is 0 Å². The highest BCUT2D eigenvalue weighted by Crippen LogP contribution is 2.14. The lowest BCUT2D eigenvalue weighted by Crippen LogP contribution is -2.37. The molecule has 1 aliphatic rings. The molecule has 4 heteroatoms. The number of nitrogens with zero attached hydrogens (tertiary/aromatic N) is 1. The van der Waals surface area contributed by atoms with E-state index in [9.17, 15) is 5.11 Å². The van der Waals surface area contributed by atoms with Gasteiger partial charge in [-0.2, -0.15) is 11.8 Å². The molecule has 146 valence electrons. The van der Waals surface area contributed by atoms with Crippen LogP contribution in [0.1, 0.15) is 90.4 Å². The minimum atomic E-state index is -0.124. The van der Waals surface area contributed by atoms with Crippen LogP contribution in [0.3, 0.4) is 0 Å². The molecule has 1 saturated heterocycles. The van der Waals surface area contributed by atoms with Gasteiger partial charge in [0, 0.05) is 12.3 Å². The first kappa shape index (κ1) is 24.6. The normalized spacial score (nSPS) is 16.8. The van der Waals surface area contributed by atoms with E-state index < -0.39 is 0 Å². The summed E-state index contributed by atoms with van der Waals surface area (Å²) in [5, 5.41) is 10.1. The number of β-amino-alcohol motifs (C(OH)–C–C–N with tert-alkyl or cyclic N) is 1. The summed E-state index contributed by atoms with van der Waals surface area (Å²) in [4.78, 5) is 2.44. The van der Waals surface area contributed by atoms with E-state index in [2.05, 4.69) is 11.8 Å². The Hall–Kier alpha value is 0.560. The lowest BCUT2D eigenvalue weighted by atomic mass is 10.1. The Morgan fingerprint density at radius 2 is 1.38 bits per heavy atom. The van der Waals surface area contributed by atoms with Crippen LogP contribution in [0.5, 0.6) is 0 Å². The second kappa shape index (κ2) is 18.4. The molecule has 1 fully saturated rings. The van der Waals surface area contributed by atoms with Crippen LogP contribution in [-0.4, -0.2) is 47.3 Å². The van der Waals surface area contributed by atoms with Crippen molar-refractivity contribution in [1.29, 1.82) is 0 Å². The van der Waals surface area contributed by atoms with Crippen LogP contribution in [0.25, 0.3) is 0 Å². The molecule has 1 atom stereocenters. The molecule has 0 aromatic carbocycles. The van der Waals surface area contributed by atoms with Crippen molar-refractivity contribution in [2.75, 3.05) is 31.1 Å². The van der Waals surface area contributed by atoms with E-state index in [0.29, 0.717) is 0 Å². The van der Waals surface area contributed by atoms with Crippen molar-refractivity contribution in [3.05, 3.63) is 0 Å². The largest absolute Gasteiger partial charge is 0.391 e. The molecule has 0 aromatic heterocycles. The number of aliphatic hydroxyl groups is 1. The van der Waals surface area contributed by atoms with Gasteiger partial charge >= 0.3 is 0 Å². The lowest BCUT2D eigenvalue weighted by molar-refractivity contribution is 0.117. The van der Waals surface area contributed by atoms with Gasteiger partial charge in [0.25, 0.3) is 0 Å². The molecule has 24 heavy (non-hydrogen) atoms. The van der Waals surface area contributed by atoms with Crippen LogP contribution in [0, 0.1) is 0 Å². The van der Waals surface area contributed by atoms with Crippen molar-refractivity contribution in [2.24, 2.45) is 0 Å². The van der Waals surface area contributed by atoms with E-state index in [1.54, 1.807) is 0 Å². The average molecular weight is 380 g/mol. The third-order valence-corrected chi connectivity index (χ3v) is 6.07. The first-order valence-corrected chi connectivity index (χ1v) is 11.5. The van der Waals surface area contributed by atoms with E-state index in [1.807, 2.05) is 11.8 Å². The summed E-state index contributed by atoms with van der Waals surface area (Å²) in [5.41, 5.74) is 0. The number of rotatable bonds is 15. The second-order valence-corrected chi connectivity index (χ2v) is 8.42. The molecular formula is C20H42ClNOS. The van der Waals surface area contributed by atoms with Gasteiger partial charge in [0.1, 0.15) is 0 Å². The Morgan fingerprint density at radius 1 is 0.833 bits per heavy atom. The highest BCUT2D eigenvalue weighted by Gasteiger charge is 2.14. The van der Waals surface area contributed by atoms with Crippen molar-refractivity contribution in [1.82, 2.24) is 4.90 Å². The quantitative estimate of drug-likeness (QED) is 0.358. The highest BCUT2D eigenvalue weighted by molar-refractivity contribution is 7.99. The third-order valence-electron chi connectivity index (χ3n) is 4.87. The molecule has 0 aliphatic carbocycles. The fourth-order valence-electron chi connectivity index (χ4n) is 3.40. The van der Waals surface area contributed by atoms with Crippen molar-refractivity contribution < 1.29 is 5.11 Å². The Kier molecular flexibility index (Phi) is 18.8. The number of halogens is 1. The van der Waals surface area contributed by atoms with Crippen LogP contribution < -0.4 is 0 Å². The molecule has 0 radical (unpaired) electrons. The van der Waals surface area contributed by atoms with Crippen LogP contribution in [-0.2, 0) is 0 Å². The molecule has 1 heterocycles. The summed E-state index contributed by atoms with van der Waals surface area (Å²) in [6, 6.07) is 0. The van der Waals surface area contributed by atoms with E-state index >= 15 is 0 Å². The standard InChI is InChI=1S/C20H41NOS.ClH/c1-2-3-4-5-6-7-8-9-10-14-17-23-19-20(22)18-21-15-12-11-13-16-21;/h20,22H,2-19H2,1H3;1H. The number of likely N-dealkylation sites (tertiary alicyclic amines) is 1. The summed E-state index contributed by atoms with van der Waals surface area (Å²) in [7, 11) is 0. The van der Waals surface area contributed by atoms with Gasteiger partial charge in [0.2, 0.25) is 0 Å². The van der Waals surface area contributed by atoms with E-state index in [1.165, 1.54) is 102 Å². The minimum Gasteiger partial charge on any atom is -0.391 e. The molecule has 1 N–H and O–H groups in total. The molecule has 0 spiro atoms. The van der Waals surface area contributed by atoms with E-state index in [0.717, 1.165) is 12.3 Å². The molecule has 0 aromatic rings. The predicted octanol–water partition coefficient (Wildman–Crippen LogP) is 5.91. The summed E-state index contributed by atoms with van der Waals surface area (Å²) < 4.78 is 0. The van der Waals surface area contributed by atoms with Gasteiger partial charge in [0.15, 0.2) is 0 Å². The maximum Gasteiger partial charge on any atom is 0.0757 e. The SMILES string of the molecule is CCCCCCCCCCCCSCC(O)CN1CCCCC1.Cl. The number of unbranched alkanes of at least 4 members (excludes halogenated alkanes) is 9. The maximum atomic E-state index is 10.1. The summed E-state index contributed by atoms with van der Waals surface area (Å²) in [6.45, 7) is 5.57. The zero-order valence-corrected chi connectivity index (χ0v) is 17.6. The minimum absolute atomic E-state index is 0. The number of hydrogen-bond donors (Lipinski definition) is 1. The molecule has 2 nitrogen and oxygen atoms in total. The van der Waals surface area contributed by atoms with Crippen LogP contribution >= 0.6 is 24.2 Å². The number of piperidine rings is 1. The number of thioether (sulfide) groups is 1. The van der Waals surface area contributed by atoms with Gasteiger partial charge in [0.05, 0.1) is 6.10 Å². The van der Waals surface area contributed by atoms with E-state index in [4.69, 9.17) is 0 Å². The Balaban J connectivity index is 0.00000529. The molecule has 0 saturated carbocycles. The van der Waals surface area contributed by atoms with Crippen molar-refractivity contribution >= 4 is 24.2 Å². The first-order valence-electron chi connectivity index (χ1n) is 10.3. The topological polar surface area (TPSA) is 23.5 Å². The first-order chi connectivity index (χ1) is 11.3. The molecule has 1 rings (SSSR count). The van der Waals surface area contributed by atoms with Crippen LogP contribution in [0.2, 0.25) is 0 Å². The van der Waals surface area contributed by atoms with Crippen LogP contribution in [0.15, 0.2) is 0 Å². The van der Waals surface area contributed by atoms with Crippen LogP contribution in [0.4, 0.5) is 0 Å². The van der Waals surface area contributed by atoms with Gasteiger partial charge in [-0.25, -0.2) is 0 Å². The van der Waals surface area contributed by atoms with Gasteiger partial charge in [-0.3, -0.25) is 0 Å². The zero-order chi connectivity index (χ0) is 16.6. The smallest absolute Gasteiger partial charge is 0.0757 e. The maximum absolute atomic E-state index is 10.1. The average Bonchev–Trinajstić information content (AvgIpc) is 2.57. The summed E-state index contributed by atoms with van der Waals surface area (Å²) in [5.74, 6) is 2.15. The predicted molar refractivity (Wildman–Crippen MR) is 113 cm³/mol. The van der Waals surface area contributed by atoms with Gasteiger partial charge in [-0.05, 0) is 38.1 Å². The summed E-state index contributed by atoms with van der Waals surface area (Å²) in [6.07, 6.45) is 18.0. The van der Waals surface area contributed by atoms with E-state index in [-0.39, 0.29) is 18.5 Å². The molecular weight excluding hydrogens is 338 g/mol. The second-order valence-electron chi connectivity index (χ2n) is 7.27. The molecule has 1 unspecified atom stereocenters. The monoisotopic (exact) mass is 379 g/mol. The van der Waals surface area contributed by atoms with Gasteiger partial charge < -0.3 is 10.0 Å². The Bertz CT molecular complexity index is 250. The lowest BCUT2D eigenvalue weighted by Gasteiger charge is -2.28. The fourth-order valence-corrected chi connectivity index (χ4v) is 4.36. The third kappa shape index (κ3) is 14.9. The fraction of sp³-hybridized carbons (Fsp3) is 1.00. The number of aliphatic hydroxyl groups excluding tert-OH is 1. The molecule has 0 amide bonds. The molecule has 1 aliphatic heterocycles. The van der Waals surface area contributed by atoms with Crippen molar-refractivity contribution in [3.63, 3.8) is 0 Å².